The van der Waals surface area contributed by atoms with Crippen molar-refractivity contribution < 1.29 is 0 Å². The third-order valence-electron chi connectivity index (χ3n) is 9.84. The van der Waals surface area contributed by atoms with Crippen molar-refractivity contribution in [2.45, 2.75) is 0 Å². The van der Waals surface area contributed by atoms with E-state index in [0.717, 1.165) is 99.9 Å². The van der Waals surface area contributed by atoms with Gasteiger partial charge in [-0.25, -0.2) is 4.99 Å². The SMILES string of the molecule is C1=CC2=C(c3ccccc3)c3[nH]c(c4c3C=NC=4)=C(c3ccccc3)c3ccc([nH]3)C(c3ccccc3)=c3ccc([nH]3)=C(c3ccccc3)C1=N2. The summed E-state index contributed by atoms with van der Waals surface area (Å²) in [5.41, 5.74) is 14.4. The number of aromatic amines is 3. The van der Waals surface area contributed by atoms with Gasteiger partial charge in [0.15, 0.2) is 0 Å². The zero-order chi connectivity index (χ0) is 33.7. The second kappa shape index (κ2) is 11.9. The summed E-state index contributed by atoms with van der Waals surface area (Å²) < 4.78 is 0. The van der Waals surface area contributed by atoms with Gasteiger partial charge in [0.05, 0.1) is 22.5 Å². The number of aliphatic imine (C=N–C) groups is 2. The van der Waals surface area contributed by atoms with E-state index in [-0.39, 0.29) is 0 Å². The Labute approximate surface area is 294 Å². The average molecular weight is 654 g/mol. The van der Waals surface area contributed by atoms with E-state index < -0.39 is 0 Å². The van der Waals surface area contributed by atoms with E-state index in [9.17, 15) is 0 Å². The van der Waals surface area contributed by atoms with Crippen LogP contribution in [-0.2, 0) is 0 Å². The van der Waals surface area contributed by atoms with E-state index in [0.29, 0.717) is 0 Å². The molecule has 5 nitrogen and oxygen atoms in total. The molecule has 0 radical (unpaired) electrons. The molecule has 6 heterocycles. The lowest BCUT2D eigenvalue weighted by molar-refractivity contribution is 1.21. The van der Waals surface area contributed by atoms with Gasteiger partial charge < -0.3 is 15.0 Å². The first-order valence-electron chi connectivity index (χ1n) is 17.2. The summed E-state index contributed by atoms with van der Waals surface area (Å²) in [6, 6.07) is 51.0. The maximum atomic E-state index is 5.43. The maximum absolute atomic E-state index is 5.43. The number of fused-ring (bicyclic) bond motifs is 10. The highest BCUT2D eigenvalue weighted by molar-refractivity contribution is 6.30. The Hall–Kier alpha value is -6.98. The summed E-state index contributed by atoms with van der Waals surface area (Å²) in [6.45, 7) is 0. The van der Waals surface area contributed by atoms with Crippen molar-refractivity contribution in [1.82, 2.24) is 15.0 Å². The second-order valence-corrected chi connectivity index (χ2v) is 12.9. The van der Waals surface area contributed by atoms with E-state index in [1.807, 2.05) is 12.4 Å². The van der Waals surface area contributed by atoms with Crippen molar-refractivity contribution in [2.75, 3.05) is 0 Å². The molecule has 0 saturated heterocycles. The summed E-state index contributed by atoms with van der Waals surface area (Å²) in [7, 11) is 0. The van der Waals surface area contributed by atoms with Crippen LogP contribution in [0.5, 0.6) is 0 Å². The number of nitrogens with zero attached hydrogens (tertiary/aromatic N) is 2. The van der Waals surface area contributed by atoms with E-state index in [1.165, 1.54) is 0 Å². The lowest BCUT2D eigenvalue weighted by atomic mass is 9.98. The van der Waals surface area contributed by atoms with Crippen molar-refractivity contribution in [1.29, 1.82) is 0 Å². The molecular weight excluding hydrogens is 623 g/mol. The Balaban J connectivity index is 1.40. The number of hydrogen-bond donors (Lipinski definition) is 3. The van der Waals surface area contributed by atoms with Gasteiger partial charge in [0, 0.05) is 67.6 Å². The fourth-order valence-corrected chi connectivity index (χ4v) is 7.56. The minimum atomic E-state index is 0.888. The molecule has 0 unspecified atom stereocenters. The molecule has 3 aliphatic heterocycles. The van der Waals surface area contributed by atoms with Crippen molar-refractivity contribution >= 4 is 40.4 Å². The average Bonchev–Trinajstić information content (AvgIpc) is 4.03. The van der Waals surface area contributed by atoms with Crippen LogP contribution in [0.3, 0.4) is 0 Å². The summed E-state index contributed by atoms with van der Waals surface area (Å²) in [6.07, 6.45) is 8.23. The highest BCUT2D eigenvalue weighted by Gasteiger charge is 2.24. The molecule has 10 rings (SSSR count). The molecule has 5 heteroatoms. The van der Waals surface area contributed by atoms with Gasteiger partial charge in [-0.05, 0) is 58.7 Å². The summed E-state index contributed by atoms with van der Waals surface area (Å²) >= 11 is 0. The largest absolute Gasteiger partial charge is 0.354 e. The normalized spacial score (nSPS) is 14.6. The van der Waals surface area contributed by atoms with Crippen LogP contribution in [0.2, 0.25) is 0 Å². The van der Waals surface area contributed by atoms with Gasteiger partial charge in [-0.15, -0.1) is 0 Å². The monoisotopic (exact) mass is 653 g/mol. The van der Waals surface area contributed by atoms with Gasteiger partial charge in [0.25, 0.3) is 0 Å². The molecule has 240 valence electrons. The molecule has 0 amide bonds. The van der Waals surface area contributed by atoms with Crippen LogP contribution in [-0.4, -0.2) is 26.9 Å². The zero-order valence-corrected chi connectivity index (χ0v) is 27.6. The van der Waals surface area contributed by atoms with Crippen molar-refractivity contribution in [2.24, 2.45) is 9.98 Å². The van der Waals surface area contributed by atoms with Gasteiger partial charge in [0.2, 0.25) is 0 Å². The summed E-state index contributed by atoms with van der Waals surface area (Å²) in [5, 5.41) is 4.07. The van der Waals surface area contributed by atoms with Crippen LogP contribution in [0, 0.1) is 0 Å². The zero-order valence-electron chi connectivity index (χ0n) is 27.6. The Bertz CT molecular complexity index is 2860. The molecular formula is C46H31N5. The molecule has 8 bridgehead atoms. The second-order valence-electron chi connectivity index (χ2n) is 12.9. The Morgan fingerprint density at radius 2 is 0.961 bits per heavy atom. The van der Waals surface area contributed by atoms with Gasteiger partial charge in [-0.3, -0.25) is 4.99 Å². The predicted molar refractivity (Wildman–Crippen MR) is 207 cm³/mol. The van der Waals surface area contributed by atoms with E-state index >= 15 is 0 Å². The van der Waals surface area contributed by atoms with Crippen LogP contribution < -0.4 is 21.3 Å². The fourth-order valence-electron chi connectivity index (χ4n) is 7.56. The van der Waals surface area contributed by atoms with Gasteiger partial charge in [-0.1, -0.05) is 121 Å². The van der Waals surface area contributed by atoms with Crippen molar-refractivity contribution in [3.63, 3.8) is 0 Å². The third kappa shape index (κ3) is 4.86. The van der Waals surface area contributed by atoms with Crippen LogP contribution in [0.4, 0.5) is 0 Å². The van der Waals surface area contributed by atoms with Gasteiger partial charge in [0.1, 0.15) is 0 Å². The fraction of sp³-hybridized carbons (Fsp3) is 0. The first-order valence-corrected chi connectivity index (χ1v) is 17.2. The number of hydrogen-bond acceptors (Lipinski definition) is 2. The van der Waals surface area contributed by atoms with Crippen LogP contribution in [0.15, 0.2) is 173 Å². The molecule has 3 aromatic heterocycles. The molecule has 0 saturated carbocycles. The van der Waals surface area contributed by atoms with Crippen LogP contribution in [0.1, 0.15) is 44.9 Å². The predicted octanol–water partition coefficient (Wildman–Crippen LogP) is 6.32. The van der Waals surface area contributed by atoms with Crippen molar-refractivity contribution in [3.8, 4) is 0 Å². The van der Waals surface area contributed by atoms with Crippen molar-refractivity contribution in [3.05, 3.63) is 230 Å². The highest BCUT2D eigenvalue weighted by Crippen LogP contribution is 2.33. The van der Waals surface area contributed by atoms with Gasteiger partial charge >= 0.3 is 0 Å². The topological polar surface area (TPSA) is 72.1 Å². The lowest BCUT2D eigenvalue weighted by Gasteiger charge is -2.11. The molecule has 3 aliphatic rings. The number of rotatable bonds is 4. The minimum absolute atomic E-state index is 0.888. The lowest BCUT2D eigenvalue weighted by Crippen LogP contribution is -2.27. The molecule has 7 aromatic rings. The maximum Gasteiger partial charge on any atom is 0.0737 e. The van der Waals surface area contributed by atoms with E-state index in [1.54, 1.807) is 0 Å². The quantitative estimate of drug-likeness (QED) is 0.199. The number of benzene rings is 4. The van der Waals surface area contributed by atoms with Crippen LogP contribution >= 0.6 is 0 Å². The molecule has 4 aromatic carbocycles. The number of nitrogens with one attached hydrogen (secondary N) is 3. The third-order valence-corrected chi connectivity index (χ3v) is 9.84. The number of aromatic nitrogens is 3. The summed E-state index contributed by atoms with van der Waals surface area (Å²) in [4.78, 5) is 21.8. The molecule has 0 fully saturated rings. The molecule has 0 atom stereocenters. The molecule has 0 aliphatic carbocycles. The molecule has 51 heavy (non-hydrogen) atoms. The first kappa shape index (κ1) is 29.0. The first-order chi connectivity index (χ1) is 25.3. The molecule has 3 N–H and O–H groups in total. The Morgan fingerprint density at radius 3 is 1.59 bits per heavy atom. The standard InChI is InChI=1S/C46H31N5/c1-5-13-29(14-6-1)41-35-21-22-36(48-35)42(30-15-7-2-8-16-30)38-24-26-40(50-38)44(32-19-11-4-12-20-32)46-34-28-47-27-33(34)45(51-46)43(31-17-9-3-10-18-31)39-25-23-37(41)49-39/h1-28,48-49,51H. The Kier molecular flexibility index (Phi) is 6.74. The van der Waals surface area contributed by atoms with E-state index in [4.69, 9.17) is 9.98 Å². The Morgan fingerprint density at radius 1 is 0.431 bits per heavy atom. The van der Waals surface area contributed by atoms with E-state index in [2.05, 4.69) is 173 Å². The smallest absolute Gasteiger partial charge is 0.0737 e. The van der Waals surface area contributed by atoms with Crippen LogP contribution in [0.25, 0.3) is 28.5 Å². The number of allylic oxidation sites excluding steroid dienone is 2. The molecule has 0 spiro atoms. The van der Waals surface area contributed by atoms with Gasteiger partial charge in [-0.2, -0.15) is 0 Å². The highest BCUT2D eigenvalue weighted by atomic mass is 14.8. The minimum Gasteiger partial charge on any atom is -0.354 e. The number of H-pyrrole nitrogens is 3. The summed E-state index contributed by atoms with van der Waals surface area (Å²) in [5.74, 6) is 0.